The molecule has 0 aliphatic heterocycles. The lowest BCUT2D eigenvalue weighted by atomic mass is 10.1. The first-order valence-electron chi connectivity index (χ1n) is 8.86. The third-order valence-corrected chi connectivity index (χ3v) is 5.87. The summed E-state index contributed by atoms with van der Waals surface area (Å²) in [5, 5.41) is 8.56. The summed E-state index contributed by atoms with van der Waals surface area (Å²) >= 11 is 4.99. The zero-order valence-electron chi connectivity index (χ0n) is 14.5. The Kier molecular flexibility index (Phi) is 6.80. The Balaban J connectivity index is 1.40. The Bertz CT molecular complexity index is 772. The van der Waals surface area contributed by atoms with Crippen molar-refractivity contribution in [2.24, 2.45) is 5.92 Å². The van der Waals surface area contributed by atoms with Gasteiger partial charge in [0, 0.05) is 34.4 Å². The van der Waals surface area contributed by atoms with Gasteiger partial charge < -0.3 is 10.6 Å². The molecule has 1 aliphatic carbocycles. The van der Waals surface area contributed by atoms with E-state index in [1.54, 1.807) is 0 Å². The molecule has 1 aliphatic rings. The smallest absolute Gasteiger partial charge is 0.226 e. The second-order valence-corrected chi connectivity index (χ2v) is 8.23. The largest absolute Gasteiger partial charge is 0.354 e. The van der Waals surface area contributed by atoms with Crippen LogP contribution in [-0.2, 0) is 16.0 Å². The highest BCUT2D eigenvalue weighted by Gasteiger charge is 2.21. The van der Waals surface area contributed by atoms with Gasteiger partial charge in [0.1, 0.15) is 5.01 Å². The number of amides is 2. The summed E-state index contributed by atoms with van der Waals surface area (Å²) in [4.78, 5) is 28.5. The molecule has 2 amide bonds. The minimum Gasteiger partial charge on any atom is -0.354 e. The van der Waals surface area contributed by atoms with Gasteiger partial charge >= 0.3 is 0 Å². The van der Waals surface area contributed by atoms with Gasteiger partial charge in [0.15, 0.2) is 0 Å². The number of aromatic nitrogens is 1. The Labute approximate surface area is 165 Å². The van der Waals surface area contributed by atoms with E-state index in [0.717, 1.165) is 46.4 Å². The fourth-order valence-electron chi connectivity index (χ4n) is 3.09. The molecule has 138 valence electrons. The molecule has 5 nitrogen and oxygen atoms in total. The standard InChI is InChI=1S/C19H22BrN3O2S/c20-15-7-3-6-14(10-15)19-23-16(12-26-19)11-17(24)21-8-9-22-18(25)13-4-1-2-5-13/h3,6-7,10,12-13H,1-2,4-5,8-9,11H2,(H,21,24)(H,22,25). The fraction of sp³-hybridized carbons (Fsp3) is 0.421. The van der Waals surface area contributed by atoms with Gasteiger partial charge in [0.05, 0.1) is 12.1 Å². The van der Waals surface area contributed by atoms with Gasteiger partial charge in [0.25, 0.3) is 0 Å². The van der Waals surface area contributed by atoms with Gasteiger partial charge in [-0.2, -0.15) is 0 Å². The molecular formula is C19H22BrN3O2S. The van der Waals surface area contributed by atoms with E-state index in [1.165, 1.54) is 11.3 Å². The van der Waals surface area contributed by atoms with Gasteiger partial charge in [-0.1, -0.05) is 40.9 Å². The molecule has 0 spiro atoms. The summed E-state index contributed by atoms with van der Waals surface area (Å²) in [7, 11) is 0. The molecule has 1 aromatic heterocycles. The van der Waals surface area contributed by atoms with Crippen LogP contribution in [0, 0.1) is 5.92 Å². The molecule has 1 fully saturated rings. The number of thiazole rings is 1. The lowest BCUT2D eigenvalue weighted by molar-refractivity contribution is -0.125. The van der Waals surface area contributed by atoms with Crippen LogP contribution in [0.5, 0.6) is 0 Å². The van der Waals surface area contributed by atoms with Gasteiger partial charge in [-0.05, 0) is 25.0 Å². The minimum atomic E-state index is -0.0776. The number of hydrogen-bond acceptors (Lipinski definition) is 4. The Morgan fingerprint density at radius 1 is 1.19 bits per heavy atom. The summed E-state index contributed by atoms with van der Waals surface area (Å²) in [6, 6.07) is 7.94. The molecule has 2 aromatic rings. The number of carbonyl (C=O) groups is 2. The molecule has 0 unspecified atom stereocenters. The summed E-state index contributed by atoms with van der Waals surface area (Å²) in [6.45, 7) is 0.918. The second-order valence-electron chi connectivity index (χ2n) is 6.45. The van der Waals surface area contributed by atoms with E-state index in [0.29, 0.717) is 13.1 Å². The maximum atomic E-state index is 12.0. The van der Waals surface area contributed by atoms with Crippen LogP contribution in [0.1, 0.15) is 31.4 Å². The molecule has 0 radical (unpaired) electrons. The summed E-state index contributed by atoms with van der Waals surface area (Å²) < 4.78 is 1.00. The molecule has 7 heteroatoms. The van der Waals surface area contributed by atoms with Gasteiger partial charge in [-0.3, -0.25) is 9.59 Å². The van der Waals surface area contributed by atoms with Gasteiger partial charge in [0.2, 0.25) is 11.8 Å². The van der Waals surface area contributed by atoms with Crippen LogP contribution < -0.4 is 10.6 Å². The van der Waals surface area contributed by atoms with Crippen LogP contribution in [0.3, 0.4) is 0 Å². The molecule has 1 aromatic carbocycles. The first-order valence-corrected chi connectivity index (χ1v) is 10.5. The van der Waals surface area contributed by atoms with Gasteiger partial charge in [-0.15, -0.1) is 11.3 Å². The number of nitrogens with zero attached hydrogens (tertiary/aromatic N) is 1. The third kappa shape index (κ3) is 5.38. The van der Waals surface area contributed by atoms with Crippen molar-refractivity contribution in [2.45, 2.75) is 32.1 Å². The van der Waals surface area contributed by atoms with Gasteiger partial charge in [-0.25, -0.2) is 4.98 Å². The number of hydrogen-bond donors (Lipinski definition) is 2. The van der Waals surface area contributed by atoms with Crippen LogP contribution in [0.25, 0.3) is 10.6 Å². The first kappa shape index (κ1) is 19.0. The van der Waals surface area contributed by atoms with E-state index in [9.17, 15) is 9.59 Å². The number of nitrogens with one attached hydrogen (secondary N) is 2. The number of halogens is 1. The molecule has 2 N–H and O–H groups in total. The molecule has 0 saturated heterocycles. The quantitative estimate of drug-likeness (QED) is 0.653. The highest BCUT2D eigenvalue weighted by Crippen LogP contribution is 2.26. The van der Waals surface area contributed by atoms with E-state index in [1.807, 2.05) is 29.6 Å². The molecule has 26 heavy (non-hydrogen) atoms. The van der Waals surface area contributed by atoms with Crippen molar-refractivity contribution in [3.63, 3.8) is 0 Å². The average Bonchev–Trinajstić information content (AvgIpc) is 3.30. The van der Waals surface area contributed by atoms with Crippen molar-refractivity contribution < 1.29 is 9.59 Å². The van der Waals surface area contributed by atoms with Crippen LogP contribution in [0.2, 0.25) is 0 Å². The molecule has 1 heterocycles. The van der Waals surface area contributed by atoms with Crippen LogP contribution in [0.15, 0.2) is 34.1 Å². The number of rotatable bonds is 7. The van der Waals surface area contributed by atoms with Crippen molar-refractivity contribution in [3.8, 4) is 10.6 Å². The van der Waals surface area contributed by atoms with E-state index in [-0.39, 0.29) is 24.2 Å². The molecule has 3 rings (SSSR count). The predicted molar refractivity (Wildman–Crippen MR) is 107 cm³/mol. The highest BCUT2D eigenvalue weighted by atomic mass is 79.9. The van der Waals surface area contributed by atoms with Crippen molar-refractivity contribution in [3.05, 3.63) is 39.8 Å². The Morgan fingerprint density at radius 3 is 2.73 bits per heavy atom. The zero-order chi connectivity index (χ0) is 18.4. The minimum absolute atomic E-state index is 0.0776. The Hall–Kier alpha value is -1.73. The SMILES string of the molecule is O=C(Cc1csc(-c2cccc(Br)c2)n1)NCCNC(=O)C1CCCC1. The summed E-state index contributed by atoms with van der Waals surface area (Å²) in [5.41, 5.74) is 1.79. The summed E-state index contributed by atoms with van der Waals surface area (Å²) in [5.74, 6) is 0.207. The molecular weight excluding hydrogens is 414 g/mol. The van der Waals surface area contributed by atoms with Crippen LogP contribution >= 0.6 is 27.3 Å². The topological polar surface area (TPSA) is 71.1 Å². The highest BCUT2D eigenvalue weighted by molar-refractivity contribution is 9.10. The maximum absolute atomic E-state index is 12.0. The number of carbonyl (C=O) groups excluding carboxylic acids is 2. The van der Waals surface area contributed by atoms with Crippen molar-refractivity contribution >= 4 is 39.1 Å². The van der Waals surface area contributed by atoms with Crippen LogP contribution in [-0.4, -0.2) is 29.9 Å². The predicted octanol–water partition coefficient (Wildman–Crippen LogP) is 3.54. The normalized spacial score (nSPS) is 14.3. The fourth-order valence-corrected chi connectivity index (χ4v) is 4.31. The maximum Gasteiger partial charge on any atom is 0.226 e. The third-order valence-electron chi connectivity index (χ3n) is 4.44. The monoisotopic (exact) mass is 435 g/mol. The van der Waals surface area contributed by atoms with E-state index in [4.69, 9.17) is 0 Å². The van der Waals surface area contributed by atoms with Crippen molar-refractivity contribution in [2.75, 3.05) is 13.1 Å². The average molecular weight is 436 g/mol. The number of benzene rings is 1. The first-order chi connectivity index (χ1) is 12.6. The lowest BCUT2D eigenvalue weighted by Crippen LogP contribution is -2.37. The van der Waals surface area contributed by atoms with E-state index < -0.39 is 0 Å². The lowest BCUT2D eigenvalue weighted by Gasteiger charge is -2.10. The summed E-state index contributed by atoms with van der Waals surface area (Å²) in [6.07, 6.45) is 4.51. The Morgan fingerprint density at radius 2 is 1.96 bits per heavy atom. The van der Waals surface area contributed by atoms with E-state index in [2.05, 4.69) is 31.5 Å². The van der Waals surface area contributed by atoms with Crippen molar-refractivity contribution in [1.29, 1.82) is 0 Å². The zero-order valence-corrected chi connectivity index (χ0v) is 16.9. The molecule has 1 saturated carbocycles. The molecule has 0 atom stereocenters. The molecule has 0 bridgehead atoms. The van der Waals surface area contributed by atoms with Crippen molar-refractivity contribution in [1.82, 2.24) is 15.6 Å². The van der Waals surface area contributed by atoms with Crippen LogP contribution in [0.4, 0.5) is 0 Å². The van der Waals surface area contributed by atoms with E-state index >= 15 is 0 Å². The second kappa shape index (κ2) is 9.28.